The minimum atomic E-state index is -0.0159. The lowest BCUT2D eigenvalue weighted by atomic mass is 10.0. The molecule has 1 aliphatic heterocycles. The summed E-state index contributed by atoms with van der Waals surface area (Å²) < 4.78 is 2.08. The molecule has 28 heavy (non-hydrogen) atoms. The molecule has 0 aliphatic carbocycles. The number of fused-ring (bicyclic) bond motifs is 4. The Morgan fingerprint density at radius 1 is 0.929 bits per heavy atom. The van der Waals surface area contributed by atoms with Gasteiger partial charge in [-0.3, -0.25) is 9.36 Å². The zero-order valence-corrected chi connectivity index (χ0v) is 15.4. The molecule has 0 saturated carbocycles. The number of benzene rings is 3. The lowest BCUT2D eigenvalue weighted by molar-refractivity contribution is -0.120. The molecule has 1 aromatic heterocycles. The van der Waals surface area contributed by atoms with E-state index in [-0.39, 0.29) is 5.91 Å². The van der Waals surface area contributed by atoms with E-state index < -0.39 is 0 Å². The van der Waals surface area contributed by atoms with Crippen LogP contribution >= 0.6 is 0 Å². The summed E-state index contributed by atoms with van der Waals surface area (Å²) in [7, 11) is 0. The maximum atomic E-state index is 12.6. The Labute approximate surface area is 163 Å². The van der Waals surface area contributed by atoms with Gasteiger partial charge in [0.15, 0.2) is 5.82 Å². The summed E-state index contributed by atoms with van der Waals surface area (Å²) in [4.78, 5) is 12.6. The van der Waals surface area contributed by atoms with Crippen LogP contribution in [0.1, 0.15) is 22.8 Å². The largest absolute Gasteiger partial charge is 0.348 e. The molecule has 0 radical (unpaired) electrons. The molecule has 5 nitrogen and oxygen atoms in total. The third kappa shape index (κ3) is 2.95. The second kappa shape index (κ2) is 6.93. The van der Waals surface area contributed by atoms with E-state index in [0.717, 1.165) is 46.5 Å². The third-order valence-corrected chi connectivity index (χ3v) is 5.32. The Kier molecular flexibility index (Phi) is 4.13. The topological polar surface area (TPSA) is 59.8 Å². The van der Waals surface area contributed by atoms with Gasteiger partial charge in [-0.15, -0.1) is 10.2 Å². The van der Waals surface area contributed by atoms with Crippen molar-refractivity contribution in [1.82, 2.24) is 20.1 Å². The first kappa shape index (κ1) is 16.7. The summed E-state index contributed by atoms with van der Waals surface area (Å²) in [5.41, 5.74) is 3.44. The van der Waals surface area contributed by atoms with Gasteiger partial charge >= 0.3 is 0 Å². The van der Waals surface area contributed by atoms with Gasteiger partial charge in [0.2, 0.25) is 5.91 Å². The van der Waals surface area contributed by atoms with Crippen molar-refractivity contribution < 1.29 is 4.79 Å². The van der Waals surface area contributed by atoms with Gasteiger partial charge in [0.1, 0.15) is 5.82 Å². The number of nitrogens with one attached hydrogen (secondary N) is 1. The van der Waals surface area contributed by atoms with Crippen LogP contribution in [0.2, 0.25) is 0 Å². The summed E-state index contributed by atoms with van der Waals surface area (Å²) in [6, 6.07) is 22.5. The van der Waals surface area contributed by atoms with Crippen LogP contribution in [0.15, 0.2) is 66.7 Å². The van der Waals surface area contributed by atoms with Crippen LogP contribution in [0, 0.1) is 0 Å². The van der Waals surface area contributed by atoms with Crippen molar-refractivity contribution in [3.63, 3.8) is 0 Å². The molecule has 1 aliphatic rings. The number of aromatic nitrogens is 3. The van der Waals surface area contributed by atoms with E-state index in [2.05, 4.69) is 56.5 Å². The average Bonchev–Trinajstić information content (AvgIpc) is 3.16. The van der Waals surface area contributed by atoms with Gasteiger partial charge in [0.25, 0.3) is 0 Å². The Morgan fingerprint density at radius 2 is 1.75 bits per heavy atom. The molecule has 0 fully saturated rings. The highest BCUT2D eigenvalue weighted by Gasteiger charge is 2.21. The zero-order valence-electron chi connectivity index (χ0n) is 15.4. The van der Waals surface area contributed by atoms with Gasteiger partial charge in [-0.05, 0) is 34.4 Å². The lowest BCUT2D eigenvalue weighted by Gasteiger charge is -2.19. The first-order valence-corrected chi connectivity index (χ1v) is 9.54. The number of carbonyl (C=O) groups excluding carboxylic acids is 1. The molecular weight excluding hydrogens is 348 g/mol. The normalized spacial score (nSPS) is 12.4. The number of rotatable bonds is 4. The Morgan fingerprint density at radius 3 is 2.71 bits per heavy atom. The molecule has 0 unspecified atom stereocenters. The SMILES string of the molecule is O=C(Cc1cccc2ccccc12)NCc1nnc2n1-c1ccccc1CC2. The molecule has 1 amide bonds. The van der Waals surface area contributed by atoms with Crippen molar-refractivity contribution in [3.05, 3.63) is 89.5 Å². The van der Waals surface area contributed by atoms with Crippen LogP contribution < -0.4 is 5.32 Å². The summed E-state index contributed by atoms with van der Waals surface area (Å²) >= 11 is 0. The number of para-hydroxylation sites is 1. The van der Waals surface area contributed by atoms with E-state index in [0.29, 0.717) is 13.0 Å². The quantitative estimate of drug-likeness (QED) is 0.601. The molecule has 1 N–H and O–H groups in total. The first-order chi connectivity index (χ1) is 13.8. The van der Waals surface area contributed by atoms with Crippen molar-refractivity contribution in [2.45, 2.75) is 25.8 Å². The van der Waals surface area contributed by atoms with Crippen LogP contribution in [-0.4, -0.2) is 20.7 Å². The fourth-order valence-corrected chi connectivity index (χ4v) is 3.95. The van der Waals surface area contributed by atoms with Gasteiger partial charge in [0, 0.05) is 6.42 Å². The Bertz CT molecular complexity index is 1170. The minimum absolute atomic E-state index is 0.0159. The van der Waals surface area contributed by atoms with E-state index in [1.54, 1.807) is 0 Å². The lowest BCUT2D eigenvalue weighted by Crippen LogP contribution is -2.27. The summed E-state index contributed by atoms with van der Waals surface area (Å²) in [6.45, 7) is 0.366. The molecule has 2 heterocycles. The molecule has 4 aromatic rings. The smallest absolute Gasteiger partial charge is 0.224 e. The second-order valence-electron chi connectivity index (χ2n) is 7.09. The molecule has 0 atom stereocenters. The summed E-state index contributed by atoms with van der Waals surface area (Å²) in [6.07, 6.45) is 2.19. The Balaban J connectivity index is 1.34. The standard InChI is InChI=1S/C23H20N4O/c28-23(14-18-9-5-8-16-6-1-3-10-19(16)18)24-15-22-26-25-21-13-12-17-7-2-4-11-20(17)27(21)22/h1-11H,12-15H2,(H,24,28). The second-order valence-corrected chi connectivity index (χ2v) is 7.09. The maximum absolute atomic E-state index is 12.6. The van der Waals surface area contributed by atoms with E-state index >= 15 is 0 Å². The molecule has 0 spiro atoms. The van der Waals surface area contributed by atoms with Gasteiger partial charge in [-0.1, -0.05) is 60.7 Å². The number of amides is 1. The molecular formula is C23H20N4O. The fourth-order valence-electron chi connectivity index (χ4n) is 3.95. The van der Waals surface area contributed by atoms with Crippen LogP contribution in [0.5, 0.6) is 0 Å². The minimum Gasteiger partial charge on any atom is -0.348 e. The summed E-state index contributed by atoms with van der Waals surface area (Å²) in [5.74, 6) is 1.71. The summed E-state index contributed by atoms with van der Waals surface area (Å²) in [5, 5.41) is 13.9. The van der Waals surface area contributed by atoms with E-state index in [1.165, 1.54) is 5.56 Å². The number of nitrogens with zero attached hydrogens (tertiary/aromatic N) is 3. The monoisotopic (exact) mass is 368 g/mol. The highest BCUT2D eigenvalue weighted by Crippen LogP contribution is 2.25. The Hall–Kier alpha value is -3.47. The number of aryl methyl sites for hydroxylation is 2. The van der Waals surface area contributed by atoms with Crippen molar-refractivity contribution in [3.8, 4) is 5.69 Å². The molecule has 5 heteroatoms. The van der Waals surface area contributed by atoms with Crippen molar-refractivity contribution >= 4 is 16.7 Å². The molecule has 3 aromatic carbocycles. The first-order valence-electron chi connectivity index (χ1n) is 9.54. The number of hydrogen-bond acceptors (Lipinski definition) is 3. The van der Waals surface area contributed by atoms with E-state index in [4.69, 9.17) is 0 Å². The molecule has 0 bridgehead atoms. The van der Waals surface area contributed by atoms with E-state index in [9.17, 15) is 4.79 Å². The van der Waals surface area contributed by atoms with Crippen LogP contribution in [0.4, 0.5) is 0 Å². The molecule has 0 saturated heterocycles. The third-order valence-electron chi connectivity index (χ3n) is 5.32. The van der Waals surface area contributed by atoms with Crippen LogP contribution in [0.3, 0.4) is 0 Å². The highest BCUT2D eigenvalue weighted by atomic mass is 16.1. The number of hydrogen-bond donors (Lipinski definition) is 1. The van der Waals surface area contributed by atoms with Crippen molar-refractivity contribution in [2.24, 2.45) is 0 Å². The molecule has 138 valence electrons. The predicted molar refractivity (Wildman–Crippen MR) is 108 cm³/mol. The highest BCUT2D eigenvalue weighted by molar-refractivity contribution is 5.90. The van der Waals surface area contributed by atoms with Gasteiger partial charge in [-0.25, -0.2) is 0 Å². The zero-order chi connectivity index (χ0) is 18.9. The number of carbonyl (C=O) groups is 1. The molecule has 5 rings (SSSR count). The van der Waals surface area contributed by atoms with E-state index in [1.807, 2.05) is 30.3 Å². The average molecular weight is 368 g/mol. The maximum Gasteiger partial charge on any atom is 0.224 e. The van der Waals surface area contributed by atoms with Gasteiger partial charge < -0.3 is 5.32 Å². The predicted octanol–water partition coefficient (Wildman–Crippen LogP) is 3.38. The van der Waals surface area contributed by atoms with Crippen LogP contribution in [-0.2, 0) is 30.6 Å². The van der Waals surface area contributed by atoms with Gasteiger partial charge in [0.05, 0.1) is 18.7 Å². The fraction of sp³-hybridized carbons (Fsp3) is 0.174. The van der Waals surface area contributed by atoms with Crippen LogP contribution in [0.25, 0.3) is 16.5 Å². The van der Waals surface area contributed by atoms with Gasteiger partial charge in [-0.2, -0.15) is 0 Å². The van der Waals surface area contributed by atoms with Crippen molar-refractivity contribution in [2.75, 3.05) is 0 Å². The van der Waals surface area contributed by atoms with Crippen molar-refractivity contribution in [1.29, 1.82) is 0 Å².